The Morgan fingerprint density at radius 3 is 2.62 bits per heavy atom. The zero-order chi connectivity index (χ0) is 15.5. The van der Waals surface area contributed by atoms with Gasteiger partial charge in [-0.1, -0.05) is 6.92 Å². The van der Waals surface area contributed by atoms with Crippen LogP contribution in [0.1, 0.15) is 25.3 Å². The van der Waals surface area contributed by atoms with Crippen LogP contribution in [-0.4, -0.2) is 39.0 Å². The molecule has 0 radical (unpaired) electrons. The molecule has 1 fully saturated rings. The number of nitrogens with zero attached hydrogens (tertiary/aromatic N) is 2. The maximum atomic E-state index is 12.4. The summed E-state index contributed by atoms with van der Waals surface area (Å²) in [4.78, 5) is 2.33. The van der Waals surface area contributed by atoms with Gasteiger partial charge in [-0.25, -0.2) is 13.1 Å². The molecule has 1 aromatic rings. The molecule has 0 saturated carbocycles. The molecule has 114 valence electrons. The second kappa shape index (κ2) is 6.43. The molecule has 0 unspecified atom stereocenters. The normalized spacial score (nSPS) is 17.5. The van der Waals surface area contributed by atoms with E-state index in [1.165, 1.54) is 18.2 Å². The van der Waals surface area contributed by atoms with Gasteiger partial charge in [0.25, 0.3) is 0 Å². The van der Waals surface area contributed by atoms with Gasteiger partial charge in [-0.3, -0.25) is 0 Å². The number of sulfonamides is 1. The molecular formula is C14H20N4O2S. The third-order valence-corrected chi connectivity index (χ3v) is 5.38. The van der Waals surface area contributed by atoms with Crippen molar-refractivity contribution in [2.45, 2.75) is 30.7 Å². The number of rotatable bonds is 4. The lowest BCUT2D eigenvalue weighted by atomic mass is 10.1. The Bertz CT molecular complexity index is 643. The number of nitriles is 1. The average Bonchev–Trinajstić information content (AvgIpc) is 2.47. The fraction of sp³-hybridized carbons (Fsp3) is 0.500. The summed E-state index contributed by atoms with van der Waals surface area (Å²) in [5.41, 5.74) is 6.21. The molecule has 0 spiro atoms. The van der Waals surface area contributed by atoms with E-state index in [1.807, 2.05) is 6.07 Å². The fourth-order valence-electron chi connectivity index (χ4n) is 2.51. The summed E-state index contributed by atoms with van der Waals surface area (Å²) in [6.45, 7) is 4.88. The molecular weight excluding hydrogens is 288 g/mol. The largest absolute Gasteiger partial charge is 0.398 e. The molecule has 0 atom stereocenters. The number of nitrogens with two attached hydrogens (primary N) is 1. The summed E-state index contributed by atoms with van der Waals surface area (Å²) < 4.78 is 27.5. The minimum absolute atomic E-state index is 0.0411. The SMILES string of the molecule is CCN1CCC(NS(=O)(=O)c2ccc(C#N)cc2N)CC1. The first-order valence-corrected chi connectivity index (χ1v) is 8.49. The van der Waals surface area contributed by atoms with Crippen LogP contribution in [0.15, 0.2) is 23.1 Å². The van der Waals surface area contributed by atoms with Crippen LogP contribution in [0.25, 0.3) is 0 Å². The Balaban J connectivity index is 2.11. The minimum atomic E-state index is -3.64. The molecule has 0 aliphatic carbocycles. The van der Waals surface area contributed by atoms with Gasteiger partial charge in [-0.15, -0.1) is 0 Å². The van der Waals surface area contributed by atoms with Crippen LogP contribution in [0, 0.1) is 11.3 Å². The van der Waals surface area contributed by atoms with Gasteiger partial charge in [0.05, 0.1) is 17.3 Å². The summed E-state index contributed by atoms with van der Waals surface area (Å²) in [5.74, 6) is 0. The van der Waals surface area contributed by atoms with Crippen molar-refractivity contribution in [1.29, 1.82) is 5.26 Å². The standard InChI is InChI=1S/C14H20N4O2S/c1-2-18-7-5-12(6-8-18)17-21(19,20)14-4-3-11(10-15)9-13(14)16/h3-4,9,12,17H,2,5-8,16H2,1H3. The molecule has 0 bridgehead atoms. The van der Waals surface area contributed by atoms with Crippen molar-refractivity contribution < 1.29 is 8.42 Å². The Hall–Kier alpha value is -1.62. The molecule has 0 aromatic heterocycles. The van der Waals surface area contributed by atoms with E-state index < -0.39 is 10.0 Å². The van der Waals surface area contributed by atoms with Crippen LogP contribution in [0.2, 0.25) is 0 Å². The highest BCUT2D eigenvalue weighted by atomic mass is 32.2. The first-order chi connectivity index (χ1) is 9.96. The monoisotopic (exact) mass is 308 g/mol. The van der Waals surface area contributed by atoms with E-state index in [9.17, 15) is 8.42 Å². The van der Waals surface area contributed by atoms with E-state index in [-0.39, 0.29) is 16.6 Å². The summed E-state index contributed by atoms with van der Waals surface area (Å²) in [5, 5.41) is 8.79. The molecule has 1 aliphatic rings. The zero-order valence-electron chi connectivity index (χ0n) is 12.0. The van der Waals surface area contributed by atoms with E-state index >= 15 is 0 Å². The summed E-state index contributed by atoms with van der Waals surface area (Å²) in [6, 6.07) is 6.11. The number of piperidine rings is 1. The molecule has 1 heterocycles. The molecule has 6 nitrogen and oxygen atoms in total. The molecule has 0 amide bonds. The number of hydrogen-bond donors (Lipinski definition) is 2. The van der Waals surface area contributed by atoms with Gasteiger partial charge in [0.1, 0.15) is 4.90 Å². The third kappa shape index (κ3) is 3.73. The van der Waals surface area contributed by atoms with Crippen LogP contribution >= 0.6 is 0 Å². The van der Waals surface area contributed by atoms with E-state index in [0.29, 0.717) is 5.56 Å². The molecule has 7 heteroatoms. The van der Waals surface area contributed by atoms with Crippen LogP contribution in [0.5, 0.6) is 0 Å². The van der Waals surface area contributed by atoms with Crippen LogP contribution in [0.3, 0.4) is 0 Å². The van der Waals surface area contributed by atoms with Crippen molar-refractivity contribution in [1.82, 2.24) is 9.62 Å². The maximum Gasteiger partial charge on any atom is 0.242 e. The fourth-order valence-corrected chi connectivity index (χ4v) is 3.93. The van der Waals surface area contributed by atoms with Crippen molar-refractivity contribution >= 4 is 15.7 Å². The lowest BCUT2D eigenvalue weighted by Gasteiger charge is -2.31. The molecule has 2 rings (SSSR count). The predicted molar refractivity (Wildman–Crippen MR) is 81.0 cm³/mol. The van der Waals surface area contributed by atoms with Gasteiger partial charge in [0.15, 0.2) is 0 Å². The molecule has 1 aromatic carbocycles. The molecule has 1 saturated heterocycles. The van der Waals surface area contributed by atoms with Crippen LogP contribution in [0.4, 0.5) is 5.69 Å². The predicted octanol–water partition coefficient (Wildman–Crippen LogP) is 0.903. The van der Waals surface area contributed by atoms with Gasteiger partial charge in [-0.05, 0) is 50.7 Å². The number of benzene rings is 1. The highest BCUT2D eigenvalue weighted by molar-refractivity contribution is 7.89. The molecule has 3 N–H and O–H groups in total. The lowest BCUT2D eigenvalue weighted by molar-refractivity contribution is 0.217. The second-order valence-corrected chi connectivity index (χ2v) is 6.88. The summed E-state index contributed by atoms with van der Waals surface area (Å²) >= 11 is 0. The average molecular weight is 308 g/mol. The topological polar surface area (TPSA) is 99.2 Å². The highest BCUT2D eigenvalue weighted by Gasteiger charge is 2.25. The minimum Gasteiger partial charge on any atom is -0.398 e. The summed E-state index contributed by atoms with van der Waals surface area (Å²) in [6.07, 6.45) is 1.59. The number of hydrogen-bond acceptors (Lipinski definition) is 5. The number of nitrogen functional groups attached to an aromatic ring is 1. The third-order valence-electron chi connectivity index (χ3n) is 3.79. The van der Waals surface area contributed by atoms with Gasteiger partial charge >= 0.3 is 0 Å². The zero-order valence-corrected chi connectivity index (χ0v) is 12.9. The first kappa shape index (κ1) is 15.8. The Morgan fingerprint density at radius 1 is 1.43 bits per heavy atom. The number of likely N-dealkylation sites (tertiary alicyclic amines) is 1. The van der Waals surface area contributed by atoms with Crippen molar-refractivity contribution in [3.8, 4) is 6.07 Å². The van der Waals surface area contributed by atoms with Gasteiger partial charge in [-0.2, -0.15) is 5.26 Å². The first-order valence-electron chi connectivity index (χ1n) is 7.00. The Kier molecular flexibility index (Phi) is 4.83. The molecule has 1 aliphatic heterocycles. The van der Waals surface area contributed by atoms with E-state index in [2.05, 4.69) is 16.5 Å². The van der Waals surface area contributed by atoms with Gasteiger partial charge in [0, 0.05) is 6.04 Å². The highest BCUT2D eigenvalue weighted by Crippen LogP contribution is 2.21. The number of nitrogens with one attached hydrogen (secondary N) is 1. The maximum absolute atomic E-state index is 12.4. The molecule has 21 heavy (non-hydrogen) atoms. The Labute approximate surface area is 125 Å². The van der Waals surface area contributed by atoms with E-state index in [4.69, 9.17) is 11.0 Å². The van der Waals surface area contributed by atoms with Crippen molar-refractivity contribution in [2.75, 3.05) is 25.4 Å². The van der Waals surface area contributed by atoms with E-state index in [0.717, 1.165) is 32.5 Å². The van der Waals surface area contributed by atoms with Crippen molar-refractivity contribution in [3.63, 3.8) is 0 Å². The summed E-state index contributed by atoms with van der Waals surface area (Å²) in [7, 11) is -3.64. The smallest absolute Gasteiger partial charge is 0.242 e. The van der Waals surface area contributed by atoms with E-state index in [1.54, 1.807) is 0 Å². The number of anilines is 1. The van der Waals surface area contributed by atoms with Crippen LogP contribution < -0.4 is 10.5 Å². The second-order valence-electron chi connectivity index (χ2n) is 5.19. The van der Waals surface area contributed by atoms with Crippen molar-refractivity contribution in [3.05, 3.63) is 23.8 Å². The Morgan fingerprint density at radius 2 is 2.10 bits per heavy atom. The van der Waals surface area contributed by atoms with Crippen LogP contribution in [-0.2, 0) is 10.0 Å². The quantitative estimate of drug-likeness (QED) is 0.805. The van der Waals surface area contributed by atoms with Gasteiger partial charge in [0.2, 0.25) is 10.0 Å². The lowest BCUT2D eigenvalue weighted by Crippen LogP contribution is -2.44. The van der Waals surface area contributed by atoms with Gasteiger partial charge < -0.3 is 10.6 Å². The van der Waals surface area contributed by atoms with Crippen molar-refractivity contribution in [2.24, 2.45) is 0 Å².